The molecule has 33 heavy (non-hydrogen) atoms. The van der Waals surface area contributed by atoms with Gasteiger partial charge in [-0.3, -0.25) is 9.59 Å². The monoisotopic (exact) mass is 461 g/mol. The number of carbonyl (C=O) groups is 2. The van der Waals surface area contributed by atoms with Gasteiger partial charge in [0, 0.05) is 46.3 Å². The SMILES string of the molecule is CCCCCCCCN(CCCCCCCC)C(=O)C(=Cc1ccc(N(C)C)o1)NC(C)=O. The third-order valence-corrected chi connectivity index (χ3v) is 5.73. The van der Waals surface area contributed by atoms with Gasteiger partial charge < -0.3 is 19.5 Å². The molecule has 0 aliphatic carbocycles. The van der Waals surface area contributed by atoms with Crippen LogP contribution in [-0.2, 0) is 9.59 Å². The Kier molecular flexibility index (Phi) is 15.1. The number of nitrogens with one attached hydrogen (secondary N) is 1. The molecule has 0 radical (unpaired) electrons. The summed E-state index contributed by atoms with van der Waals surface area (Å²) in [7, 11) is 3.80. The standard InChI is InChI=1S/C27H47N3O3/c1-6-8-10-12-14-16-20-30(21-17-15-13-11-9-7-2)27(32)25(28-23(3)31)22-24-18-19-26(33-24)29(4)5/h18-19,22H,6-17,20-21H2,1-5H3,(H,28,31). The van der Waals surface area contributed by atoms with Gasteiger partial charge in [-0.1, -0.05) is 78.1 Å². The van der Waals surface area contributed by atoms with Crippen molar-refractivity contribution in [2.75, 3.05) is 32.1 Å². The fourth-order valence-electron chi connectivity index (χ4n) is 3.79. The minimum absolute atomic E-state index is 0.130. The van der Waals surface area contributed by atoms with E-state index < -0.39 is 0 Å². The highest BCUT2D eigenvalue weighted by Crippen LogP contribution is 2.19. The van der Waals surface area contributed by atoms with E-state index in [0.717, 1.165) is 38.8 Å². The Labute approximate surface area is 201 Å². The van der Waals surface area contributed by atoms with E-state index in [2.05, 4.69) is 19.2 Å². The quantitative estimate of drug-likeness (QED) is 0.204. The molecular weight excluding hydrogens is 414 g/mol. The van der Waals surface area contributed by atoms with Crippen LogP contribution in [0, 0.1) is 0 Å². The molecule has 6 nitrogen and oxygen atoms in total. The first-order valence-electron chi connectivity index (χ1n) is 12.9. The Morgan fingerprint density at radius 3 is 1.82 bits per heavy atom. The molecule has 0 aliphatic rings. The number of carbonyl (C=O) groups excluding carboxylic acids is 2. The van der Waals surface area contributed by atoms with Gasteiger partial charge in [-0.25, -0.2) is 0 Å². The molecule has 0 aromatic carbocycles. The fraction of sp³-hybridized carbons (Fsp3) is 0.704. The van der Waals surface area contributed by atoms with Gasteiger partial charge in [0.15, 0.2) is 5.88 Å². The second kappa shape index (κ2) is 17.3. The van der Waals surface area contributed by atoms with Crippen molar-refractivity contribution in [3.8, 4) is 0 Å². The van der Waals surface area contributed by atoms with Crippen molar-refractivity contribution < 1.29 is 14.0 Å². The summed E-state index contributed by atoms with van der Waals surface area (Å²) in [5, 5.41) is 2.74. The molecule has 0 saturated heterocycles. The van der Waals surface area contributed by atoms with Crippen LogP contribution in [0.4, 0.5) is 5.88 Å². The van der Waals surface area contributed by atoms with Crippen LogP contribution in [0.3, 0.4) is 0 Å². The highest BCUT2D eigenvalue weighted by Gasteiger charge is 2.20. The fourth-order valence-corrected chi connectivity index (χ4v) is 3.79. The van der Waals surface area contributed by atoms with Gasteiger partial charge in [-0.15, -0.1) is 0 Å². The van der Waals surface area contributed by atoms with Gasteiger partial charge in [0.2, 0.25) is 5.91 Å². The molecule has 0 atom stereocenters. The molecule has 1 aromatic heterocycles. The third kappa shape index (κ3) is 12.5. The van der Waals surface area contributed by atoms with Crippen LogP contribution in [0.15, 0.2) is 22.2 Å². The van der Waals surface area contributed by atoms with Crippen molar-refractivity contribution in [3.63, 3.8) is 0 Å². The van der Waals surface area contributed by atoms with E-state index in [-0.39, 0.29) is 17.5 Å². The van der Waals surface area contributed by atoms with E-state index >= 15 is 0 Å². The number of amides is 2. The van der Waals surface area contributed by atoms with Crippen LogP contribution in [0.25, 0.3) is 6.08 Å². The lowest BCUT2D eigenvalue weighted by Crippen LogP contribution is -2.39. The third-order valence-electron chi connectivity index (χ3n) is 5.73. The zero-order valence-corrected chi connectivity index (χ0v) is 21.8. The Balaban J connectivity index is 2.86. The summed E-state index contributed by atoms with van der Waals surface area (Å²) >= 11 is 0. The van der Waals surface area contributed by atoms with Gasteiger partial charge in [0.1, 0.15) is 11.5 Å². The summed E-state index contributed by atoms with van der Waals surface area (Å²) in [5.41, 5.74) is 0.277. The highest BCUT2D eigenvalue weighted by atomic mass is 16.4. The molecular formula is C27H47N3O3. The zero-order chi connectivity index (χ0) is 24.5. The predicted molar refractivity (Wildman–Crippen MR) is 138 cm³/mol. The van der Waals surface area contributed by atoms with E-state index in [9.17, 15) is 9.59 Å². The van der Waals surface area contributed by atoms with Crippen LogP contribution < -0.4 is 10.2 Å². The van der Waals surface area contributed by atoms with Crippen molar-refractivity contribution in [2.24, 2.45) is 0 Å². The van der Waals surface area contributed by atoms with Crippen LogP contribution in [0.1, 0.15) is 104 Å². The number of rotatable bonds is 18. The summed E-state index contributed by atoms with van der Waals surface area (Å²) in [6.45, 7) is 7.31. The van der Waals surface area contributed by atoms with Gasteiger partial charge in [0.25, 0.3) is 5.91 Å². The van der Waals surface area contributed by atoms with Crippen LogP contribution in [0.5, 0.6) is 0 Å². The molecule has 0 spiro atoms. The van der Waals surface area contributed by atoms with E-state index in [1.165, 1.54) is 58.3 Å². The molecule has 1 heterocycles. The Hall–Kier alpha value is -2.24. The van der Waals surface area contributed by atoms with Gasteiger partial charge in [-0.2, -0.15) is 0 Å². The summed E-state index contributed by atoms with van der Waals surface area (Å²) < 4.78 is 5.79. The van der Waals surface area contributed by atoms with E-state index in [1.807, 2.05) is 36.0 Å². The van der Waals surface area contributed by atoms with Crippen LogP contribution >= 0.6 is 0 Å². The summed E-state index contributed by atoms with van der Waals surface area (Å²) in [4.78, 5) is 29.1. The van der Waals surface area contributed by atoms with Gasteiger partial charge >= 0.3 is 0 Å². The lowest BCUT2D eigenvalue weighted by Gasteiger charge is -2.24. The largest absolute Gasteiger partial charge is 0.441 e. The van der Waals surface area contributed by atoms with Crippen LogP contribution in [0.2, 0.25) is 0 Å². The van der Waals surface area contributed by atoms with E-state index in [1.54, 1.807) is 6.08 Å². The van der Waals surface area contributed by atoms with E-state index in [4.69, 9.17) is 4.42 Å². The van der Waals surface area contributed by atoms with Crippen LogP contribution in [-0.4, -0.2) is 43.9 Å². The molecule has 1 N–H and O–H groups in total. The lowest BCUT2D eigenvalue weighted by molar-refractivity contribution is -0.129. The summed E-state index contributed by atoms with van der Waals surface area (Å²) in [5.74, 6) is 0.866. The second-order valence-corrected chi connectivity index (χ2v) is 9.14. The number of furan rings is 1. The molecule has 1 aromatic rings. The normalized spacial score (nSPS) is 11.5. The highest BCUT2D eigenvalue weighted by molar-refractivity contribution is 6.00. The zero-order valence-electron chi connectivity index (χ0n) is 21.8. The first-order chi connectivity index (χ1) is 15.9. The first-order valence-corrected chi connectivity index (χ1v) is 12.9. The minimum Gasteiger partial charge on any atom is -0.441 e. The smallest absolute Gasteiger partial charge is 0.270 e. The van der Waals surface area contributed by atoms with Crippen molar-refractivity contribution >= 4 is 23.8 Å². The molecule has 6 heteroatoms. The number of hydrogen-bond acceptors (Lipinski definition) is 4. The molecule has 2 amide bonds. The lowest BCUT2D eigenvalue weighted by atomic mass is 10.1. The number of anilines is 1. The molecule has 1 rings (SSSR count). The molecule has 0 fully saturated rings. The second-order valence-electron chi connectivity index (χ2n) is 9.14. The summed E-state index contributed by atoms with van der Waals surface area (Å²) in [6.07, 6.45) is 15.8. The minimum atomic E-state index is -0.256. The predicted octanol–water partition coefficient (Wildman–Crippen LogP) is 6.37. The van der Waals surface area contributed by atoms with Crippen molar-refractivity contribution in [2.45, 2.75) is 97.8 Å². The Morgan fingerprint density at radius 1 is 0.848 bits per heavy atom. The molecule has 0 aliphatic heterocycles. The van der Waals surface area contributed by atoms with Crippen molar-refractivity contribution in [1.29, 1.82) is 0 Å². The first kappa shape index (κ1) is 28.8. The average Bonchev–Trinajstić information content (AvgIpc) is 3.24. The average molecular weight is 462 g/mol. The van der Waals surface area contributed by atoms with E-state index in [0.29, 0.717) is 11.6 Å². The van der Waals surface area contributed by atoms with Crippen molar-refractivity contribution in [3.05, 3.63) is 23.6 Å². The van der Waals surface area contributed by atoms with Gasteiger partial charge in [0.05, 0.1) is 0 Å². The number of hydrogen-bond donors (Lipinski definition) is 1. The number of nitrogens with zero attached hydrogens (tertiary/aromatic N) is 2. The Bertz CT molecular complexity index is 693. The Morgan fingerprint density at radius 2 is 1.36 bits per heavy atom. The molecule has 0 unspecified atom stereocenters. The van der Waals surface area contributed by atoms with Gasteiger partial charge in [-0.05, 0) is 18.9 Å². The van der Waals surface area contributed by atoms with Crippen molar-refractivity contribution in [1.82, 2.24) is 10.2 Å². The maximum Gasteiger partial charge on any atom is 0.270 e. The maximum absolute atomic E-state index is 13.4. The topological polar surface area (TPSA) is 65.8 Å². The molecule has 188 valence electrons. The molecule has 0 saturated carbocycles. The molecule has 0 bridgehead atoms. The summed E-state index contributed by atoms with van der Waals surface area (Å²) in [6, 6.07) is 3.67. The maximum atomic E-state index is 13.4. The number of unbranched alkanes of at least 4 members (excludes halogenated alkanes) is 10.